The zero-order chi connectivity index (χ0) is 38.9. The van der Waals surface area contributed by atoms with Crippen LogP contribution in [0.25, 0.3) is 22.3 Å². The first-order valence-corrected chi connectivity index (χ1v) is 21.3. The third kappa shape index (κ3) is 7.32. The van der Waals surface area contributed by atoms with E-state index in [1.807, 2.05) is 24.8 Å². The van der Waals surface area contributed by atoms with Crippen LogP contribution in [0, 0.1) is 47.3 Å². The Bertz CT molecular complexity index is 1900. The summed E-state index contributed by atoms with van der Waals surface area (Å²) in [7, 11) is -21.3. The van der Waals surface area contributed by atoms with Crippen LogP contribution in [-0.4, -0.2) is 21.2 Å². The van der Waals surface area contributed by atoms with Crippen LogP contribution in [0.4, 0.5) is 50.4 Å². The second kappa shape index (κ2) is 10.7. The second-order valence-corrected chi connectivity index (χ2v) is 19.2. The minimum absolute atomic E-state index is 0.138. The van der Waals surface area contributed by atoms with Gasteiger partial charge in [-0.3, -0.25) is 9.97 Å². The van der Waals surface area contributed by atoms with E-state index in [1.165, 1.54) is 41.5 Å². The van der Waals surface area contributed by atoms with Crippen molar-refractivity contribution in [3.63, 3.8) is 0 Å². The Labute approximate surface area is 300 Å². The van der Waals surface area contributed by atoms with E-state index in [1.54, 1.807) is 0 Å². The number of ether oxygens (including phenoxy) is 1. The van der Waals surface area contributed by atoms with Gasteiger partial charge in [0.25, 0.3) is 0 Å². The van der Waals surface area contributed by atoms with Crippen molar-refractivity contribution in [3.05, 3.63) is 98.1 Å². The van der Waals surface area contributed by atoms with E-state index < -0.39 is 15.6 Å². The second-order valence-electron chi connectivity index (χ2n) is 15.4. The van der Waals surface area contributed by atoms with E-state index in [9.17, 15) is 50.4 Å². The summed E-state index contributed by atoms with van der Waals surface area (Å²) in [5.74, 6) is 7.16. The molecule has 0 spiro atoms. The summed E-state index contributed by atoms with van der Waals surface area (Å²) < 4.78 is 131. The molecule has 54 heavy (non-hydrogen) atoms. The first-order chi connectivity index (χ1) is 24.7. The van der Waals surface area contributed by atoms with Gasteiger partial charge in [-0.25, -0.2) is 9.13 Å². The van der Waals surface area contributed by atoms with Gasteiger partial charge in [-0.2, -0.15) is 0 Å². The van der Waals surface area contributed by atoms with Crippen LogP contribution in [0.3, 0.4) is 0 Å². The molecule has 4 bridgehead atoms. The Hall–Kier alpha value is -3.42. The molecule has 0 aromatic carbocycles. The molecule has 4 aromatic rings. The van der Waals surface area contributed by atoms with Gasteiger partial charge in [0.1, 0.15) is 0 Å². The van der Waals surface area contributed by atoms with Crippen molar-refractivity contribution < 1.29 is 64.2 Å². The molecule has 4 aromatic heterocycles. The summed E-state index contributed by atoms with van der Waals surface area (Å²) in [4.78, 5) is 8.32. The van der Waals surface area contributed by atoms with Gasteiger partial charge in [0.15, 0.2) is 37.9 Å². The van der Waals surface area contributed by atoms with E-state index in [2.05, 4.69) is 92.4 Å². The standard InChI is InChI=1S/C35H34N4O.2F6P/c1-11-36-12-2-22(1)24-5-15-38(16-6-24)19-9-34-30-26-21-27-29-28(26)32(34)33(29)35(40-34,31(27)30)10-20-39-17-7-25(8-18-39)23-3-13-37-14-4-23;2*1-7(2,3,4,5)6/h1-8,11-18,26-33H,9-10,19-21H2;;/q+2;2*-1/t26-,27+,28-,29+,30+,31-,32-,33+,34-,35+;;. The van der Waals surface area contributed by atoms with Gasteiger partial charge in [-0.15, -0.1) is 0 Å². The molecule has 5 saturated carbocycles. The van der Waals surface area contributed by atoms with Crippen LogP contribution in [0.5, 0.6) is 0 Å². The molecule has 0 N–H and O–H groups in total. The molecular weight excluding hydrogens is 782 g/mol. The summed E-state index contributed by atoms with van der Waals surface area (Å²) in [5.41, 5.74) is 5.23. The van der Waals surface area contributed by atoms with Crippen LogP contribution in [0.1, 0.15) is 19.3 Å². The van der Waals surface area contributed by atoms with E-state index in [-0.39, 0.29) is 11.2 Å². The van der Waals surface area contributed by atoms with Gasteiger partial charge in [0, 0.05) is 61.9 Å². The predicted octanol–water partition coefficient (Wildman–Crippen LogP) is 11.5. The van der Waals surface area contributed by atoms with Gasteiger partial charge in [-0.05, 0) is 100 Å². The van der Waals surface area contributed by atoms with E-state index in [0.29, 0.717) is 0 Å². The molecule has 0 radical (unpaired) electrons. The van der Waals surface area contributed by atoms with Crippen LogP contribution in [-0.2, 0) is 17.8 Å². The molecule has 2 saturated heterocycles. The van der Waals surface area contributed by atoms with Crippen LogP contribution < -0.4 is 9.13 Å². The molecule has 19 heteroatoms. The minimum atomic E-state index is -10.7. The summed E-state index contributed by atoms with van der Waals surface area (Å²) in [5, 5.41) is 0. The van der Waals surface area contributed by atoms with Crippen molar-refractivity contribution >= 4 is 15.6 Å². The number of nitrogens with zero attached hydrogens (tertiary/aromatic N) is 4. The SMILES string of the molecule is F[P-](F)(F)(F)(F)F.F[P-](F)(F)(F)(F)F.c1cc(-c2cc[n+](CC[C@]34O[C@@]5(CC[n+]6ccc(-c7ccncc7)cc6)[C@@H]6[C@H]7C[C@H]([C@@H]8[C@H]7[C@H]5[C@@H]83)[C@@H]64)cc2)ccn1. The van der Waals surface area contributed by atoms with Crippen molar-refractivity contribution in [2.45, 2.75) is 43.6 Å². The van der Waals surface area contributed by atoms with Crippen LogP contribution >= 0.6 is 15.6 Å². The average Bonchev–Trinajstić information content (AvgIpc) is 3.74. The third-order valence-electron chi connectivity index (χ3n) is 12.5. The molecule has 5 nitrogen and oxygen atoms in total. The molecule has 10 atom stereocenters. The summed E-state index contributed by atoms with van der Waals surface area (Å²) >= 11 is 0. The van der Waals surface area contributed by atoms with Crippen molar-refractivity contribution in [1.82, 2.24) is 9.97 Å². The Balaban J connectivity index is 0.000000255. The fourth-order valence-corrected chi connectivity index (χ4v) is 11.6. The third-order valence-corrected chi connectivity index (χ3v) is 12.5. The maximum Gasteiger partial charge on any atom is 0.169 e. The topological polar surface area (TPSA) is 42.8 Å². The largest absolute Gasteiger partial charge is 0.367 e. The van der Waals surface area contributed by atoms with E-state index in [0.717, 1.165) is 60.4 Å². The molecule has 11 rings (SSSR count). The smallest absolute Gasteiger partial charge is 0.169 e. The number of pyridine rings is 4. The van der Waals surface area contributed by atoms with E-state index >= 15 is 0 Å². The molecular formula is C35H34F12N4OP2. The molecule has 294 valence electrons. The number of aryl methyl sites for hydroxylation is 2. The molecule has 7 fully saturated rings. The Kier molecular flexibility index (Phi) is 7.43. The maximum absolute atomic E-state index is 10.7. The average molecular weight is 817 g/mol. The van der Waals surface area contributed by atoms with E-state index in [4.69, 9.17) is 4.74 Å². The quantitative estimate of drug-likeness (QED) is 0.101. The fourth-order valence-electron chi connectivity index (χ4n) is 11.6. The van der Waals surface area contributed by atoms with Gasteiger partial charge < -0.3 is 4.74 Å². The molecule has 5 aliphatic carbocycles. The van der Waals surface area contributed by atoms with Crippen molar-refractivity contribution in [3.8, 4) is 22.3 Å². The number of halogens is 12. The van der Waals surface area contributed by atoms with Crippen molar-refractivity contribution in [2.75, 3.05) is 0 Å². The number of aromatic nitrogens is 4. The minimum Gasteiger partial charge on any atom is -0.367 e. The maximum atomic E-state index is 9.87. The summed E-state index contributed by atoms with van der Waals surface area (Å²) in [6.07, 6.45) is 20.4. The van der Waals surface area contributed by atoms with Gasteiger partial charge in [0.2, 0.25) is 0 Å². The van der Waals surface area contributed by atoms with Crippen LogP contribution in [0.2, 0.25) is 0 Å². The molecule has 2 aliphatic heterocycles. The predicted molar refractivity (Wildman–Crippen MR) is 175 cm³/mol. The summed E-state index contributed by atoms with van der Waals surface area (Å²) in [6, 6.07) is 17.3. The fraction of sp³-hybridized carbons (Fsp3) is 0.429. The van der Waals surface area contributed by atoms with Crippen molar-refractivity contribution in [2.24, 2.45) is 47.3 Å². The monoisotopic (exact) mass is 816 g/mol. The molecule has 6 heterocycles. The number of hydrogen-bond donors (Lipinski definition) is 0. The van der Waals surface area contributed by atoms with Gasteiger partial charge >= 0.3 is 66.0 Å². The summed E-state index contributed by atoms with van der Waals surface area (Å²) in [6.45, 7) is 2.11. The zero-order valence-corrected chi connectivity index (χ0v) is 29.8. The first kappa shape index (κ1) is 37.5. The molecule has 0 unspecified atom stereocenters. The number of rotatable bonds is 8. The zero-order valence-electron chi connectivity index (χ0n) is 28.0. The number of hydrogen-bond acceptors (Lipinski definition) is 3. The van der Waals surface area contributed by atoms with Crippen molar-refractivity contribution in [1.29, 1.82) is 0 Å². The Morgan fingerprint density at radius 3 is 1.11 bits per heavy atom. The molecule has 0 amide bonds. The normalized spacial score (nSPS) is 35.6. The van der Waals surface area contributed by atoms with Gasteiger partial charge in [0.05, 0.1) is 11.2 Å². The first-order valence-electron chi connectivity index (χ1n) is 17.3. The molecule has 7 aliphatic rings. The van der Waals surface area contributed by atoms with Crippen LogP contribution in [0.15, 0.2) is 98.1 Å². The Morgan fingerprint density at radius 2 is 0.796 bits per heavy atom. The van der Waals surface area contributed by atoms with Gasteiger partial charge in [-0.1, -0.05) is 0 Å². The Morgan fingerprint density at radius 1 is 0.500 bits per heavy atom.